The van der Waals surface area contributed by atoms with Crippen LogP contribution in [-0.2, 0) is 6.42 Å². The van der Waals surface area contributed by atoms with Gasteiger partial charge in [-0.1, -0.05) is 5.16 Å². The standard InChI is InChI=1S/C18H18N6O2/c25-18(14-3-5-19-6-4-14)24-9-1-2-13(12-24)10-16-22-17(26-23-16)15-11-20-7-8-21-15/h3-8,11,13H,1-2,9-10,12H2. The van der Waals surface area contributed by atoms with Gasteiger partial charge in [-0.15, -0.1) is 0 Å². The highest BCUT2D eigenvalue weighted by atomic mass is 16.5. The Morgan fingerprint density at radius 2 is 2.08 bits per heavy atom. The Bertz CT molecular complexity index is 868. The fraction of sp³-hybridized carbons (Fsp3) is 0.333. The molecule has 1 fully saturated rings. The van der Waals surface area contributed by atoms with Crippen LogP contribution in [0.1, 0.15) is 29.0 Å². The normalized spacial score (nSPS) is 17.2. The van der Waals surface area contributed by atoms with Crippen molar-refractivity contribution < 1.29 is 9.32 Å². The largest absolute Gasteiger partial charge is 0.338 e. The maximum atomic E-state index is 12.6. The number of nitrogens with zero attached hydrogens (tertiary/aromatic N) is 6. The number of likely N-dealkylation sites (tertiary alicyclic amines) is 1. The average molecular weight is 350 g/mol. The van der Waals surface area contributed by atoms with Gasteiger partial charge in [-0.2, -0.15) is 4.98 Å². The predicted molar refractivity (Wildman–Crippen MR) is 91.9 cm³/mol. The molecule has 0 saturated carbocycles. The summed E-state index contributed by atoms with van der Waals surface area (Å²) in [6.07, 6.45) is 10.7. The summed E-state index contributed by atoms with van der Waals surface area (Å²) in [4.78, 5) is 31.1. The van der Waals surface area contributed by atoms with Gasteiger partial charge in [0.05, 0.1) is 6.20 Å². The number of pyridine rings is 1. The van der Waals surface area contributed by atoms with E-state index in [1.54, 1.807) is 43.1 Å². The molecule has 0 bridgehead atoms. The highest BCUT2D eigenvalue weighted by molar-refractivity contribution is 5.94. The van der Waals surface area contributed by atoms with Gasteiger partial charge in [-0.3, -0.25) is 14.8 Å². The molecule has 1 aliphatic rings. The van der Waals surface area contributed by atoms with Gasteiger partial charge in [0.25, 0.3) is 11.8 Å². The Balaban J connectivity index is 1.41. The lowest BCUT2D eigenvalue weighted by molar-refractivity contribution is 0.0671. The molecule has 0 N–H and O–H groups in total. The van der Waals surface area contributed by atoms with E-state index < -0.39 is 0 Å². The maximum Gasteiger partial charge on any atom is 0.278 e. The van der Waals surface area contributed by atoms with E-state index in [0.29, 0.717) is 41.9 Å². The van der Waals surface area contributed by atoms with Gasteiger partial charge in [0.15, 0.2) is 5.82 Å². The van der Waals surface area contributed by atoms with E-state index in [9.17, 15) is 4.79 Å². The summed E-state index contributed by atoms with van der Waals surface area (Å²) in [5.74, 6) is 1.36. The predicted octanol–water partition coefficient (Wildman–Crippen LogP) is 2.02. The minimum Gasteiger partial charge on any atom is -0.338 e. The third-order valence-corrected chi connectivity index (χ3v) is 4.46. The monoisotopic (exact) mass is 350 g/mol. The van der Waals surface area contributed by atoms with Gasteiger partial charge in [0.2, 0.25) is 0 Å². The summed E-state index contributed by atoms with van der Waals surface area (Å²) in [5, 5.41) is 4.05. The third kappa shape index (κ3) is 3.58. The van der Waals surface area contributed by atoms with Crippen molar-refractivity contribution in [1.82, 2.24) is 30.0 Å². The fourth-order valence-electron chi connectivity index (χ4n) is 3.20. The van der Waals surface area contributed by atoms with Crippen LogP contribution in [0.3, 0.4) is 0 Å². The average Bonchev–Trinajstić information content (AvgIpc) is 3.17. The first-order valence-electron chi connectivity index (χ1n) is 8.58. The molecule has 1 saturated heterocycles. The molecular formula is C18H18N6O2. The Kier molecular flexibility index (Phi) is 4.63. The Hall–Kier alpha value is -3.16. The van der Waals surface area contributed by atoms with E-state index >= 15 is 0 Å². The zero-order valence-electron chi connectivity index (χ0n) is 14.2. The second-order valence-electron chi connectivity index (χ2n) is 6.31. The summed E-state index contributed by atoms with van der Waals surface area (Å²) in [6, 6.07) is 3.50. The van der Waals surface area contributed by atoms with Gasteiger partial charge in [0.1, 0.15) is 5.69 Å². The lowest BCUT2D eigenvalue weighted by Gasteiger charge is -2.32. The number of amides is 1. The fourth-order valence-corrected chi connectivity index (χ4v) is 3.20. The van der Waals surface area contributed by atoms with Crippen molar-refractivity contribution >= 4 is 5.91 Å². The van der Waals surface area contributed by atoms with E-state index in [2.05, 4.69) is 25.1 Å². The van der Waals surface area contributed by atoms with Crippen molar-refractivity contribution in [1.29, 1.82) is 0 Å². The molecule has 3 aromatic heterocycles. The van der Waals surface area contributed by atoms with Crippen LogP contribution in [0.15, 0.2) is 47.6 Å². The second kappa shape index (κ2) is 7.38. The molecule has 132 valence electrons. The van der Waals surface area contributed by atoms with Crippen LogP contribution < -0.4 is 0 Å². The van der Waals surface area contributed by atoms with Gasteiger partial charge in [-0.05, 0) is 30.9 Å². The molecular weight excluding hydrogens is 332 g/mol. The molecule has 0 spiro atoms. The van der Waals surface area contributed by atoms with E-state index in [4.69, 9.17) is 4.52 Å². The molecule has 3 aromatic rings. The number of piperidine rings is 1. The molecule has 4 rings (SSSR count). The lowest BCUT2D eigenvalue weighted by atomic mass is 9.94. The van der Waals surface area contributed by atoms with Crippen LogP contribution in [0.4, 0.5) is 0 Å². The van der Waals surface area contributed by atoms with Crippen molar-refractivity contribution in [3.05, 3.63) is 54.5 Å². The molecule has 8 heteroatoms. The summed E-state index contributed by atoms with van der Waals surface area (Å²) in [7, 11) is 0. The van der Waals surface area contributed by atoms with E-state index in [1.807, 2.05) is 4.90 Å². The first kappa shape index (κ1) is 16.3. The van der Waals surface area contributed by atoms with Crippen molar-refractivity contribution in [2.24, 2.45) is 5.92 Å². The maximum absolute atomic E-state index is 12.6. The summed E-state index contributed by atoms with van der Waals surface area (Å²) in [6.45, 7) is 1.46. The summed E-state index contributed by atoms with van der Waals surface area (Å²) >= 11 is 0. The van der Waals surface area contributed by atoms with E-state index in [-0.39, 0.29) is 5.91 Å². The summed E-state index contributed by atoms with van der Waals surface area (Å²) in [5.41, 5.74) is 1.23. The Morgan fingerprint density at radius 1 is 1.19 bits per heavy atom. The molecule has 26 heavy (non-hydrogen) atoms. The van der Waals surface area contributed by atoms with Gasteiger partial charge >= 0.3 is 0 Å². The summed E-state index contributed by atoms with van der Waals surface area (Å²) < 4.78 is 5.28. The van der Waals surface area contributed by atoms with Crippen LogP contribution in [0.5, 0.6) is 0 Å². The Morgan fingerprint density at radius 3 is 2.88 bits per heavy atom. The molecule has 4 heterocycles. The zero-order chi connectivity index (χ0) is 17.8. The van der Waals surface area contributed by atoms with Crippen LogP contribution in [0.25, 0.3) is 11.6 Å². The number of hydrogen-bond acceptors (Lipinski definition) is 7. The molecule has 0 aromatic carbocycles. The molecule has 1 atom stereocenters. The quantitative estimate of drug-likeness (QED) is 0.710. The number of aromatic nitrogens is 5. The number of hydrogen-bond donors (Lipinski definition) is 0. The second-order valence-corrected chi connectivity index (χ2v) is 6.31. The number of carbonyl (C=O) groups excluding carboxylic acids is 1. The zero-order valence-corrected chi connectivity index (χ0v) is 14.2. The first-order valence-corrected chi connectivity index (χ1v) is 8.58. The van der Waals surface area contributed by atoms with Crippen LogP contribution in [0.2, 0.25) is 0 Å². The molecule has 0 radical (unpaired) electrons. The van der Waals surface area contributed by atoms with E-state index in [1.165, 1.54) is 0 Å². The molecule has 8 nitrogen and oxygen atoms in total. The third-order valence-electron chi connectivity index (χ3n) is 4.46. The topological polar surface area (TPSA) is 97.9 Å². The van der Waals surface area contributed by atoms with Crippen molar-refractivity contribution in [3.63, 3.8) is 0 Å². The minimum absolute atomic E-state index is 0.0467. The number of rotatable bonds is 4. The Labute approximate surface area is 150 Å². The van der Waals surface area contributed by atoms with E-state index in [0.717, 1.165) is 19.4 Å². The highest BCUT2D eigenvalue weighted by Crippen LogP contribution is 2.22. The first-order chi connectivity index (χ1) is 12.8. The number of carbonyl (C=O) groups is 1. The smallest absolute Gasteiger partial charge is 0.278 e. The van der Waals surface area contributed by atoms with Gasteiger partial charge in [0, 0.05) is 49.9 Å². The highest BCUT2D eigenvalue weighted by Gasteiger charge is 2.26. The van der Waals surface area contributed by atoms with Crippen molar-refractivity contribution in [3.8, 4) is 11.6 Å². The SMILES string of the molecule is O=C(c1ccncc1)N1CCCC(Cc2noc(-c3cnccn3)n2)C1. The molecule has 1 amide bonds. The van der Waals surface area contributed by atoms with Gasteiger partial charge < -0.3 is 9.42 Å². The lowest BCUT2D eigenvalue weighted by Crippen LogP contribution is -2.40. The van der Waals surface area contributed by atoms with Crippen LogP contribution >= 0.6 is 0 Å². The van der Waals surface area contributed by atoms with Crippen LogP contribution in [0, 0.1) is 5.92 Å². The van der Waals surface area contributed by atoms with Crippen molar-refractivity contribution in [2.45, 2.75) is 19.3 Å². The molecule has 0 aliphatic carbocycles. The molecule has 1 unspecified atom stereocenters. The van der Waals surface area contributed by atoms with Gasteiger partial charge in [-0.25, -0.2) is 4.98 Å². The van der Waals surface area contributed by atoms with Crippen LogP contribution in [-0.4, -0.2) is 49.0 Å². The molecule has 1 aliphatic heterocycles. The minimum atomic E-state index is 0.0467. The van der Waals surface area contributed by atoms with Crippen molar-refractivity contribution in [2.75, 3.05) is 13.1 Å².